The fourth-order valence-corrected chi connectivity index (χ4v) is 3.37. The van der Waals surface area contributed by atoms with E-state index < -0.39 is 0 Å². The van der Waals surface area contributed by atoms with E-state index in [0.717, 1.165) is 21.8 Å². The molecule has 0 radical (unpaired) electrons. The normalized spacial score (nSPS) is 12.7. The van der Waals surface area contributed by atoms with Gasteiger partial charge in [0.2, 0.25) is 0 Å². The standard InChI is InChI=1S/C21H27NOS/c1-6-24-19-10-8-7-9-18(19)20(23)22-15(2)16-11-13-17(14-12-16)21(3,4)5/h7-15H,6H2,1-5H3,(H,22,23)/t15-/m1/s1. The second-order valence-electron chi connectivity index (χ2n) is 7.00. The van der Waals surface area contributed by atoms with Gasteiger partial charge in [-0.2, -0.15) is 0 Å². The van der Waals surface area contributed by atoms with E-state index in [0.29, 0.717) is 0 Å². The van der Waals surface area contributed by atoms with Crippen molar-refractivity contribution in [1.82, 2.24) is 5.32 Å². The molecule has 1 atom stereocenters. The van der Waals surface area contributed by atoms with Gasteiger partial charge in [0.15, 0.2) is 0 Å². The highest BCUT2D eigenvalue weighted by Gasteiger charge is 2.16. The Morgan fingerprint density at radius 2 is 1.71 bits per heavy atom. The number of benzene rings is 2. The molecule has 0 aliphatic carbocycles. The van der Waals surface area contributed by atoms with Crippen LogP contribution < -0.4 is 5.32 Å². The summed E-state index contributed by atoms with van der Waals surface area (Å²) in [5.41, 5.74) is 3.32. The lowest BCUT2D eigenvalue weighted by Crippen LogP contribution is -2.27. The minimum atomic E-state index is -0.0220. The molecule has 0 spiro atoms. The van der Waals surface area contributed by atoms with E-state index in [1.54, 1.807) is 11.8 Å². The van der Waals surface area contributed by atoms with Crippen LogP contribution in [-0.2, 0) is 5.41 Å². The van der Waals surface area contributed by atoms with Crippen molar-refractivity contribution in [2.75, 3.05) is 5.75 Å². The zero-order valence-electron chi connectivity index (χ0n) is 15.2. The average molecular weight is 342 g/mol. The van der Waals surface area contributed by atoms with Crippen molar-refractivity contribution in [3.8, 4) is 0 Å². The second-order valence-corrected chi connectivity index (χ2v) is 8.30. The summed E-state index contributed by atoms with van der Waals surface area (Å²) in [7, 11) is 0. The predicted octanol–water partition coefficient (Wildman–Crippen LogP) is 5.59. The van der Waals surface area contributed by atoms with Gasteiger partial charge in [-0.3, -0.25) is 4.79 Å². The summed E-state index contributed by atoms with van der Waals surface area (Å²) in [5, 5.41) is 3.12. The van der Waals surface area contributed by atoms with Crippen molar-refractivity contribution in [2.45, 2.75) is 51.0 Å². The number of carbonyl (C=O) groups is 1. The summed E-state index contributed by atoms with van der Waals surface area (Å²) in [6.07, 6.45) is 0. The van der Waals surface area contributed by atoms with Crippen molar-refractivity contribution < 1.29 is 4.79 Å². The lowest BCUT2D eigenvalue weighted by atomic mass is 9.86. The van der Waals surface area contributed by atoms with Crippen molar-refractivity contribution in [3.05, 3.63) is 65.2 Å². The average Bonchev–Trinajstić information content (AvgIpc) is 2.55. The quantitative estimate of drug-likeness (QED) is 0.719. The summed E-state index contributed by atoms with van der Waals surface area (Å²) in [4.78, 5) is 13.7. The molecule has 2 rings (SSSR count). The molecule has 0 aliphatic rings. The summed E-state index contributed by atoms with van der Waals surface area (Å²) in [5.74, 6) is 0.938. The van der Waals surface area contributed by atoms with Crippen LogP contribution in [0, 0.1) is 0 Å². The first kappa shape index (κ1) is 18.6. The zero-order chi connectivity index (χ0) is 17.7. The molecule has 0 unspecified atom stereocenters. The lowest BCUT2D eigenvalue weighted by molar-refractivity contribution is 0.0937. The molecule has 2 nitrogen and oxygen atoms in total. The van der Waals surface area contributed by atoms with Gasteiger partial charge in [-0.15, -0.1) is 11.8 Å². The Morgan fingerprint density at radius 3 is 2.29 bits per heavy atom. The molecule has 0 bridgehead atoms. The van der Waals surface area contributed by atoms with Gasteiger partial charge in [0.25, 0.3) is 5.91 Å². The first-order chi connectivity index (χ1) is 11.3. The summed E-state index contributed by atoms with van der Waals surface area (Å²) >= 11 is 1.70. The molecule has 1 amide bonds. The van der Waals surface area contributed by atoms with Gasteiger partial charge in [-0.1, -0.05) is 64.1 Å². The number of hydrogen-bond donors (Lipinski definition) is 1. The van der Waals surface area contributed by atoms with Gasteiger partial charge < -0.3 is 5.32 Å². The summed E-state index contributed by atoms with van der Waals surface area (Å²) in [6.45, 7) is 10.7. The molecule has 0 aromatic heterocycles. The van der Waals surface area contributed by atoms with Crippen LogP contribution in [0.3, 0.4) is 0 Å². The van der Waals surface area contributed by atoms with Gasteiger partial charge in [0.05, 0.1) is 11.6 Å². The maximum absolute atomic E-state index is 12.6. The molecule has 0 aliphatic heterocycles. The first-order valence-corrected chi connectivity index (χ1v) is 9.44. The topological polar surface area (TPSA) is 29.1 Å². The molecule has 0 fully saturated rings. The third kappa shape index (κ3) is 4.64. The van der Waals surface area contributed by atoms with E-state index in [1.807, 2.05) is 31.2 Å². The summed E-state index contributed by atoms with van der Waals surface area (Å²) < 4.78 is 0. The number of carbonyl (C=O) groups excluding carboxylic acids is 1. The molecule has 0 saturated carbocycles. The minimum Gasteiger partial charge on any atom is -0.345 e. The van der Waals surface area contributed by atoms with Crippen LogP contribution in [0.2, 0.25) is 0 Å². The molecule has 3 heteroatoms. The zero-order valence-corrected chi connectivity index (χ0v) is 16.0. The van der Waals surface area contributed by atoms with Crippen LogP contribution in [0.15, 0.2) is 53.4 Å². The van der Waals surface area contributed by atoms with Crippen molar-refractivity contribution >= 4 is 17.7 Å². The SMILES string of the molecule is CCSc1ccccc1C(=O)N[C@H](C)c1ccc(C(C)(C)C)cc1. The van der Waals surface area contributed by atoms with E-state index in [-0.39, 0.29) is 17.4 Å². The van der Waals surface area contributed by atoms with Gasteiger partial charge >= 0.3 is 0 Å². The van der Waals surface area contributed by atoms with E-state index in [4.69, 9.17) is 0 Å². The van der Waals surface area contributed by atoms with Gasteiger partial charge in [-0.25, -0.2) is 0 Å². The number of thioether (sulfide) groups is 1. The number of hydrogen-bond acceptors (Lipinski definition) is 2. The fraction of sp³-hybridized carbons (Fsp3) is 0.381. The molecule has 1 N–H and O–H groups in total. The van der Waals surface area contributed by atoms with Crippen LogP contribution in [0.1, 0.15) is 62.1 Å². The van der Waals surface area contributed by atoms with Crippen LogP contribution in [0.5, 0.6) is 0 Å². The minimum absolute atomic E-state index is 0.0149. The number of rotatable bonds is 5. The Labute approximate surface area is 150 Å². The van der Waals surface area contributed by atoms with Crippen LogP contribution in [0.25, 0.3) is 0 Å². The Bertz CT molecular complexity index is 686. The summed E-state index contributed by atoms with van der Waals surface area (Å²) in [6, 6.07) is 16.3. The van der Waals surface area contributed by atoms with E-state index in [2.05, 4.69) is 57.3 Å². The predicted molar refractivity (Wildman–Crippen MR) is 104 cm³/mol. The van der Waals surface area contributed by atoms with Crippen LogP contribution in [0.4, 0.5) is 0 Å². The van der Waals surface area contributed by atoms with Gasteiger partial charge in [0, 0.05) is 4.90 Å². The Morgan fingerprint density at radius 1 is 1.08 bits per heavy atom. The molecule has 2 aromatic rings. The monoisotopic (exact) mass is 341 g/mol. The molecular weight excluding hydrogens is 314 g/mol. The lowest BCUT2D eigenvalue weighted by Gasteiger charge is -2.21. The maximum atomic E-state index is 12.6. The van der Waals surface area contributed by atoms with Crippen LogP contribution >= 0.6 is 11.8 Å². The highest BCUT2D eigenvalue weighted by Crippen LogP contribution is 2.25. The van der Waals surface area contributed by atoms with E-state index in [9.17, 15) is 4.79 Å². The highest BCUT2D eigenvalue weighted by molar-refractivity contribution is 7.99. The third-order valence-electron chi connectivity index (χ3n) is 4.06. The second kappa shape index (κ2) is 7.89. The molecule has 0 saturated heterocycles. The first-order valence-electron chi connectivity index (χ1n) is 8.46. The van der Waals surface area contributed by atoms with Gasteiger partial charge in [0.1, 0.15) is 0 Å². The molecule has 0 heterocycles. The van der Waals surface area contributed by atoms with E-state index >= 15 is 0 Å². The molecule has 2 aromatic carbocycles. The Hall–Kier alpha value is -1.74. The Balaban J connectivity index is 2.12. The maximum Gasteiger partial charge on any atom is 0.252 e. The van der Waals surface area contributed by atoms with Crippen molar-refractivity contribution in [3.63, 3.8) is 0 Å². The van der Waals surface area contributed by atoms with Crippen LogP contribution in [-0.4, -0.2) is 11.7 Å². The van der Waals surface area contributed by atoms with E-state index in [1.165, 1.54) is 5.56 Å². The Kier molecular flexibility index (Phi) is 6.11. The largest absolute Gasteiger partial charge is 0.345 e. The third-order valence-corrected chi connectivity index (χ3v) is 5.01. The van der Waals surface area contributed by atoms with Crippen molar-refractivity contribution in [1.29, 1.82) is 0 Å². The van der Waals surface area contributed by atoms with Gasteiger partial charge in [-0.05, 0) is 41.4 Å². The molecule has 24 heavy (non-hydrogen) atoms. The number of nitrogens with one attached hydrogen (secondary N) is 1. The highest BCUT2D eigenvalue weighted by atomic mass is 32.2. The number of amides is 1. The molecule has 128 valence electrons. The molecular formula is C21H27NOS. The van der Waals surface area contributed by atoms with Crippen molar-refractivity contribution in [2.24, 2.45) is 0 Å². The fourth-order valence-electron chi connectivity index (χ4n) is 2.57. The smallest absolute Gasteiger partial charge is 0.252 e.